The minimum absolute atomic E-state index is 0.0214. The number of carbonyl (C=O) groups excluding carboxylic acids is 2. The summed E-state index contributed by atoms with van der Waals surface area (Å²) in [5.41, 5.74) is 1.80. The van der Waals surface area contributed by atoms with Crippen LogP contribution in [0.3, 0.4) is 0 Å². The van der Waals surface area contributed by atoms with E-state index in [2.05, 4.69) is 5.32 Å². The van der Waals surface area contributed by atoms with Crippen molar-refractivity contribution in [1.82, 2.24) is 4.90 Å². The molecule has 2 rings (SSSR count). The topological polar surface area (TPSA) is 73.2 Å². The summed E-state index contributed by atoms with van der Waals surface area (Å²) < 4.78 is 0. The average Bonchev–Trinajstić information content (AvgIpc) is 2.60. The van der Waals surface area contributed by atoms with E-state index in [-0.39, 0.29) is 18.4 Å². The van der Waals surface area contributed by atoms with Crippen molar-refractivity contribution in [3.05, 3.63) is 65.7 Å². The Morgan fingerprint density at radius 3 is 2.36 bits per heavy atom. The van der Waals surface area contributed by atoms with Crippen LogP contribution in [0.1, 0.15) is 31.4 Å². The first kappa shape index (κ1) is 18.2. The summed E-state index contributed by atoms with van der Waals surface area (Å²) in [5.74, 6) is -0.669. The maximum Gasteiger partial charge on any atom is 0.233 e. The summed E-state index contributed by atoms with van der Waals surface area (Å²) >= 11 is 0. The molecule has 0 radical (unpaired) electrons. The highest BCUT2D eigenvalue weighted by Crippen LogP contribution is 2.15. The first-order valence-corrected chi connectivity index (χ1v) is 8.13. The molecular formula is C20H21N3O2. The Morgan fingerprint density at radius 2 is 1.72 bits per heavy atom. The van der Waals surface area contributed by atoms with Gasteiger partial charge in [0.1, 0.15) is 12.5 Å². The van der Waals surface area contributed by atoms with Crippen molar-refractivity contribution in [2.75, 3.05) is 5.32 Å². The summed E-state index contributed by atoms with van der Waals surface area (Å²) in [6.07, 6.45) is -0.259. The highest BCUT2D eigenvalue weighted by Gasteiger charge is 2.20. The molecule has 0 unspecified atom stereocenters. The Balaban J connectivity index is 2.03. The third kappa shape index (κ3) is 5.18. The Morgan fingerprint density at radius 1 is 1.08 bits per heavy atom. The van der Waals surface area contributed by atoms with Gasteiger partial charge in [-0.05, 0) is 31.5 Å². The van der Waals surface area contributed by atoms with Crippen LogP contribution in [0.4, 0.5) is 5.69 Å². The largest absolute Gasteiger partial charge is 0.336 e. The zero-order valence-electron chi connectivity index (χ0n) is 14.4. The lowest BCUT2D eigenvalue weighted by Crippen LogP contribution is -2.38. The molecule has 0 heterocycles. The SMILES string of the molecule is CC(C)N(Cc1ccccc1)C(=O)CC(=O)Nc1ccccc1C#N. The van der Waals surface area contributed by atoms with Crippen LogP contribution < -0.4 is 5.32 Å². The number of benzene rings is 2. The predicted octanol–water partition coefficient (Wildman–Crippen LogP) is 3.32. The second-order valence-electron chi connectivity index (χ2n) is 5.98. The molecule has 5 heteroatoms. The first-order chi connectivity index (χ1) is 12.0. The van der Waals surface area contributed by atoms with Gasteiger partial charge in [0, 0.05) is 12.6 Å². The van der Waals surface area contributed by atoms with Gasteiger partial charge in [-0.2, -0.15) is 5.26 Å². The van der Waals surface area contributed by atoms with E-state index in [1.165, 1.54) is 0 Å². The molecule has 128 valence electrons. The van der Waals surface area contributed by atoms with Crippen molar-refractivity contribution < 1.29 is 9.59 Å². The molecule has 25 heavy (non-hydrogen) atoms. The molecule has 0 saturated heterocycles. The minimum Gasteiger partial charge on any atom is -0.336 e. The molecule has 0 aliphatic rings. The maximum atomic E-state index is 12.5. The molecule has 0 aromatic heterocycles. The van der Waals surface area contributed by atoms with Crippen molar-refractivity contribution in [3.63, 3.8) is 0 Å². The zero-order chi connectivity index (χ0) is 18.2. The fourth-order valence-corrected chi connectivity index (χ4v) is 2.46. The van der Waals surface area contributed by atoms with E-state index in [0.717, 1.165) is 5.56 Å². The lowest BCUT2D eigenvalue weighted by Gasteiger charge is -2.27. The fourth-order valence-electron chi connectivity index (χ4n) is 2.46. The number of carbonyl (C=O) groups is 2. The van der Waals surface area contributed by atoms with Crippen LogP contribution in [0.2, 0.25) is 0 Å². The molecule has 0 fully saturated rings. The van der Waals surface area contributed by atoms with Crippen LogP contribution >= 0.6 is 0 Å². The van der Waals surface area contributed by atoms with E-state index < -0.39 is 5.91 Å². The van der Waals surface area contributed by atoms with Gasteiger partial charge in [-0.25, -0.2) is 0 Å². The minimum atomic E-state index is -0.425. The summed E-state index contributed by atoms with van der Waals surface area (Å²) in [7, 11) is 0. The molecule has 0 bridgehead atoms. The molecule has 2 aromatic rings. The number of rotatable bonds is 6. The number of hydrogen-bond donors (Lipinski definition) is 1. The molecule has 0 saturated carbocycles. The summed E-state index contributed by atoms with van der Waals surface area (Å²) in [4.78, 5) is 26.4. The molecule has 0 aliphatic heterocycles. The highest BCUT2D eigenvalue weighted by molar-refractivity contribution is 6.04. The Labute approximate surface area is 147 Å². The van der Waals surface area contributed by atoms with Crippen LogP contribution in [-0.4, -0.2) is 22.8 Å². The van der Waals surface area contributed by atoms with Gasteiger partial charge in [0.05, 0.1) is 11.3 Å². The molecule has 0 aliphatic carbocycles. The van der Waals surface area contributed by atoms with Gasteiger partial charge in [-0.15, -0.1) is 0 Å². The number of hydrogen-bond acceptors (Lipinski definition) is 3. The van der Waals surface area contributed by atoms with E-state index in [1.54, 1.807) is 29.2 Å². The van der Waals surface area contributed by atoms with Gasteiger partial charge in [-0.1, -0.05) is 42.5 Å². The Hall–Kier alpha value is -3.13. The molecule has 5 nitrogen and oxygen atoms in total. The summed E-state index contributed by atoms with van der Waals surface area (Å²) in [6, 6.07) is 18.4. The van der Waals surface area contributed by atoms with Gasteiger partial charge < -0.3 is 10.2 Å². The Bertz CT molecular complexity index is 779. The number of nitriles is 1. The van der Waals surface area contributed by atoms with Crippen molar-refractivity contribution in [1.29, 1.82) is 5.26 Å². The molecule has 0 atom stereocenters. The maximum absolute atomic E-state index is 12.5. The summed E-state index contributed by atoms with van der Waals surface area (Å²) in [6.45, 7) is 4.30. The highest BCUT2D eigenvalue weighted by atomic mass is 16.2. The second kappa shape index (κ2) is 8.65. The van der Waals surface area contributed by atoms with Gasteiger partial charge in [-0.3, -0.25) is 9.59 Å². The standard InChI is InChI=1S/C20H21N3O2/c1-15(2)23(14-16-8-4-3-5-9-16)20(25)12-19(24)22-18-11-7-6-10-17(18)13-21/h3-11,15H,12,14H2,1-2H3,(H,22,24). The average molecular weight is 335 g/mol. The number of nitrogens with zero attached hydrogens (tertiary/aromatic N) is 2. The van der Waals surface area contributed by atoms with Crippen molar-refractivity contribution in [3.8, 4) is 6.07 Å². The van der Waals surface area contributed by atoms with Crippen molar-refractivity contribution in [2.45, 2.75) is 32.9 Å². The van der Waals surface area contributed by atoms with Gasteiger partial charge in [0.25, 0.3) is 0 Å². The van der Waals surface area contributed by atoms with E-state index in [4.69, 9.17) is 5.26 Å². The molecule has 2 amide bonds. The van der Waals surface area contributed by atoms with E-state index in [0.29, 0.717) is 17.8 Å². The van der Waals surface area contributed by atoms with Crippen LogP contribution in [0, 0.1) is 11.3 Å². The van der Waals surface area contributed by atoms with Crippen LogP contribution in [0.5, 0.6) is 0 Å². The van der Waals surface area contributed by atoms with Gasteiger partial charge >= 0.3 is 0 Å². The van der Waals surface area contributed by atoms with Crippen molar-refractivity contribution >= 4 is 17.5 Å². The first-order valence-electron chi connectivity index (χ1n) is 8.13. The number of anilines is 1. The monoisotopic (exact) mass is 335 g/mol. The molecule has 0 spiro atoms. The predicted molar refractivity (Wildman–Crippen MR) is 96.5 cm³/mol. The van der Waals surface area contributed by atoms with Crippen LogP contribution in [-0.2, 0) is 16.1 Å². The van der Waals surface area contributed by atoms with E-state index >= 15 is 0 Å². The summed E-state index contributed by atoms with van der Waals surface area (Å²) in [5, 5.41) is 11.7. The third-order valence-corrected chi connectivity index (χ3v) is 3.77. The quantitative estimate of drug-likeness (QED) is 0.823. The van der Waals surface area contributed by atoms with E-state index in [9.17, 15) is 9.59 Å². The lowest BCUT2D eigenvalue weighted by molar-refractivity contribution is -0.136. The lowest BCUT2D eigenvalue weighted by atomic mass is 10.1. The smallest absolute Gasteiger partial charge is 0.233 e. The molecular weight excluding hydrogens is 314 g/mol. The van der Waals surface area contributed by atoms with Gasteiger partial charge in [0.2, 0.25) is 11.8 Å². The Kier molecular flexibility index (Phi) is 6.30. The molecule has 1 N–H and O–H groups in total. The van der Waals surface area contributed by atoms with Crippen LogP contribution in [0.25, 0.3) is 0 Å². The normalized spacial score (nSPS) is 10.2. The van der Waals surface area contributed by atoms with Gasteiger partial charge in [0.15, 0.2) is 0 Å². The third-order valence-electron chi connectivity index (χ3n) is 3.77. The fraction of sp³-hybridized carbons (Fsp3) is 0.250. The van der Waals surface area contributed by atoms with Crippen molar-refractivity contribution in [2.24, 2.45) is 0 Å². The van der Waals surface area contributed by atoms with E-state index in [1.807, 2.05) is 50.2 Å². The van der Waals surface area contributed by atoms with Crippen LogP contribution in [0.15, 0.2) is 54.6 Å². The number of para-hydroxylation sites is 1. The number of nitrogens with one attached hydrogen (secondary N) is 1. The zero-order valence-corrected chi connectivity index (χ0v) is 14.4. The number of amides is 2. The second-order valence-corrected chi connectivity index (χ2v) is 5.98. The molecule has 2 aromatic carbocycles.